The number of hydrogen-bond donors (Lipinski definition) is 3. The molecule has 0 bridgehead atoms. The average molecular weight is 341 g/mol. The molecule has 8 heteroatoms. The molecule has 1 aromatic carbocycles. The summed E-state index contributed by atoms with van der Waals surface area (Å²) in [5.74, 6) is 0.390. The van der Waals surface area contributed by atoms with Crippen molar-refractivity contribution >= 4 is 29.3 Å². The number of nitrogens with zero attached hydrogens (tertiary/aromatic N) is 2. The van der Waals surface area contributed by atoms with E-state index < -0.39 is 5.97 Å². The minimum atomic E-state index is -0.409. The smallest absolute Gasteiger partial charge is 0.340 e. The number of nitrogens with one attached hydrogen (secondary N) is 3. The molecule has 0 radical (unpaired) electrons. The molecule has 0 atom stereocenters. The molecule has 0 unspecified atom stereocenters. The Balaban J connectivity index is 1.65. The molecule has 1 aromatic heterocycles. The van der Waals surface area contributed by atoms with Crippen molar-refractivity contribution in [3.05, 3.63) is 42.0 Å². The van der Waals surface area contributed by atoms with Gasteiger partial charge in [-0.3, -0.25) is 5.32 Å². The maximum absolute atomic E-state index is 12.0. The maximum atomic E-state index is 12.0. The Labute approximate surface area is 145 Å². The normalized spacial score (nSPS) is 13.0. The van der Waals surface area contributed by atoms with Crippen LogP contribution in [-0.4, -0.2) is 34.8 Å². The van der Waals surface area contributed by atoms with Crippen LogP contribution in [0.5, 0.6) is 0 Å². The van der Waals surface area contributed by atoms with E-state index in [0.29, 0.717) is 29.5 Å². The van der Waals surface area contributed by atoms with Gasteiger partial charge in [0.15, 0.2) is 11.6 Å². The van der Waals surface area contributed by atoms with Gasteiger partial charge in [-0.1, -0.05) is 12.1 Å². The van der Waals surface area contributed by atoms with E-state index >= 15 is 0 Å². The molecule has 25 heavy (non-hydrogen) atoms. The van der Waals surface area contributed by atoms with Crippen molar-refractivity contribution < 1.29 is 14.3 Å². The number of hydrogen-bond acceptors (Lipinski definition) is 6. The van der Waals surface area contributed by atoms with Gasteiger partial charge in [0.2, 0.25) is 0 Å². The van der Waals surface area contributed by atoms with Crippen LogP contribution in [0, 0.1) is 0 Å². The third-order valence-corrected chi connectivity index (χ3v) is 3.50. The van der Waals surface area contributed by atoms with Crippen molar-refractivity contribution in [2.45, 2.75) is 25.8 Å². The fraction of sp³-hybridized carbons (Fsp3) is 0.294. The van der Waals surface area contributed by atoms with E-state index in [4.69, 9.17) is 4.74 Å². The number of esters is 1. The van der Waals surface area contributed by atoms with Crippen LogP contribution in [0.4, 0.5) is 22.1 Å². The van der Waals surface area contributed by atoms with Crippen molar-refractivity contribution in [3.63, 3.8) is 0 Å². The Morgan fingerprint density at radius 2 is 1.84 bits per heavy atom. The predicted octanol–water partition coefficient (Wildman–Crippen LogP) is 2.68. The largest absolute Gasteiger partial charge is 0.462 e. The molecular weight excluding hydrogens is 322 g/mol. The van der Waals surface area contributed by atoms with Crippen LogP contribution in [0.25, 0.3) is 0 Å². The van der Waals surface area contributed by atoms with Crippen LogP contribution in [0.1, 0.15) is 30.1 Å². The lowest BCUT2D eigenvalue weighted by molar-refractivity contribution is 0.0527. The van der Waals surface area contributed by atoms with Gasteiger partial charge in [0, 0.05) is 6.04 Å². The summed E-state index contributed by atoms with van der Waals surface area (Å²) in [6, 6.07) is 10.3. The summed E-state index contributed by atoms with van der Waals surface area (Å²) in [5.41, 5.74) is 0.986. The first-order valence-corrected chi connectivity index (χ1v) is 8.10. The molecule has 1 aliphatic rings. The Morgan fingerprint density at radius 3 is 2.52 bits per heavy atom. The number of aromatic nitrogens is 2. The molecule has 2 amide bonds. The van der Waals surface area contributed by atoms with Gasteiger partial charge in [0.1, 0.15) is 0 Å². The van der Waals surface area contributed by atoms with Crippen molar-refractivity contribution in [1.29, 1.82) is 0 Å². The molecular formula is C17H19N5O3. The lowest BCUT2D eigenvalue weighted by Crippen LogP contribution is -2.30. The highest BCUT2D eigenvalue weighted by atomic mass is 16.5. The summed E-state index contributed by atoms with van der Waals surface area (Å²) in [5, 5.41) is 16.4. The molecule has 1 saturated carbocycles. The highest BCUT2D eigenvalue weighted by molar-refractivity contribution is 5.96. The third-order valence-electron chi connectivity index (χ3n) is 3.50. The Hall–Kier alpha value is -3.16. The third kappa shape index (κ3) is 4.66. The van der Waals surface area contributed by atoms with E-state index in [1.165, 1.54) is 0 Å². The summed E-state index contributed by atoms with van der Waals surface area (Å²) in [6.45, 7) is 2.06. The zero-order valence-electron chi connectivity index (χ0n) is 13.8. The standard InChI is InChI=1S/C17H19N5O3/c1-2-25-16(23)12-5-3-4-6-13(12)19-14-9-10-15(22-21-14)20-17(24)18-11-7-8-11/h3-6,9-11H,2,7-8H2,1H3,(H,19,21)(H2,18,20,22,24). The second-order valence-electron chi connectivity index (χ2n) is 5.57. The van der Waals surface area contributed by atoms with Crippen LogP contribution >= 0.6 is 0 Å². The fourth-order valence-electron chi connectivity index (χ4n) is 2.15. The van der Waals surface area contributed by atoms with Crippen LogP contribution in [-0.2, 0) is 4.74 Å². The van der Waals surface area contributed by atoms with Crippen molar-refractivity contribution in [2.24, 2.45) is 0 Å². The number of amides is 2. The number of ether oxygens (including phenoxy) is 1. The minimum absolute atomic E-state index is 0.272. The van der Waals surface area contributed by atoms with Gasteiger partial charge in [0.05, 0.1) is 17.9 Å². The van der Waals surface area contributed by atoms with E-state index in [0.717, 1.165) is 12.8 Å². The van der Waals surface area contributed by atoms with E-state index in [1.807, 2.05) is 0 Å². The van der Waals surface area contributed by atoms with E-state index in [-0.39, 0.29) is 12.1 Å². The number of rotatable bonds is 6. The topological polar surface area (TPSA) is 105 Å². The highest BCUT2D eigenvalue weighted by Gasteiger charge is 2.23. The second kappa shape index (κ2) is 7.61. The van der Waals surface area contributed by atoms with Crippen LogP contribution in [0.3, 0.4) is 0 Å². The van der Waals surface area contributed by atoms with Gasteiger partial charge in [0.25, 0.3) is 0 Å². The highest BCUT2D eigenvalue weighted by Crippen LogP contribution is 2.21. The number of carbonyl (C=O) groups excluding carboxylic acids is 2. The van der Waals surface area contributed by atoms with Crippen molar-refractivity contribution in [3.8, 4) is 0 Å². The van der Waals surface area contributed by atoms with Gasteiger partial charge in [-0.2, -0.15) is 0 Å². The molecule has 1 fully saturated rings. The lowest BCUT2D eigenvalue weighted by atomic mass is 10.2. The van der Waals surface area contributed by atoms with Crippen LogP contribution < -0.4 is 16.0 Å². The van der Waals surface area contributed by atoms with E-state index in [1.54, 1.807) is 43.3 Å². The Kier molecular flexibility index (Phi) is 5.08. The first-order chi connectivity index (χ1) is 12.2. The molecule has 0 saturated heterocycles. The predicted molar refractivity (Wildman–Crippen MR) is 92.9 cm³/mol. The van der Waals surface area contributed by atoms with E-state index in [9.17, 15) is 9.59 Å². The molecule has 130 valence electrons. The molecule has 3 rings (SSSR count). The summed E-state index contributed by atoms with van der Waals surface area (Å²) in [4.78, 5) is 23.6. The summed E-state index contributed by atoms with van der Waals surface area (Å²) in [7, 11) is 0. The molecule has 3 N–H and O–H groups in total. The Morgan fingerprint density at radius 1 is 1.12 bits per heavy atom. The van der Waals surface area contributed by atoms with Gasteiger partial charge in [-0.25, -0.2) is 9.59 Å². The first-order valence-electron chi connectivity index (χ1n) is 8.10. The summed E-state index contributed by atoms with van der Waals surface area (Å²) >= 11 is 0. The van der Waals surface area contributed by atoms with Gasteiger partial charge in [-0.15, -0.1) is 10.2 Å². The minimum Gasteiger partial charge on any atom is -0.462 e. The number of benzene rings is 1. The molecule has 0 aliphatic heterocycles. The fourth-order valence-corrected chi connectivity index (χ4v) is 2.15. The van der Waals surface area contributed by atoms with Gasteiger partial charge >= 0.3 is 12.0 Å². The monoisotopic (exact) mass is 341 g/mol. The molecule has 2 aromatic rings. The van der Waals surface area contributed by atoms with Crippen LogP contribution in [0.2, 0.25) is 0 Å². The maximum Gasteiger partial charge on any atom is 0.340 e. The van der Waals surface area contributed by atoms with E-state index in [2.05, 4.69) is 26.1 Å². The van der Waals surface area contributed by atoms with Gasteiger partial charge in [-0.05, 0) is 44.0 Å². The summed E-state index contributed by atoms with van der Waals surface area (Å²) in [6.07, 6.45) is 2.03. The average Bonchev–Trinajstić information content (AvgIpc) is 3.41. The zero-order chi connectivity index (χ0) is 17.6. The Bertz CT molecular complexity index is 759. The molecule has 1 heterocycles. The number of para-hydroxylation sites is 1. The first kappa shape index (κ1) is 16.7. The van der Waals surface area contributed by atoms with Crippen molar-refractivity contribution in [2.75, 3.05) is 17.2 Å². The van der Waals surface area contributed by atoms with Crippen molar-refractivity contribution in [1.82, 2.24) is 15.5 Å². The van der Waals surface area contributed by atoms with Gasteiger partial charge < -0.3 is 15.4 Å². The number of anilines is 3. The molecule has 1 aliphatic carbocycles. The molecule has 8 nitrogen and oxygen atoms in total. The van der Waals surface area contributed by atoms with Crippen LogP contribution in [0.15, 0.2) is 36.4 Å². The summed E-state index contributed by atoms with van der Waals surface area (Å²) < 4.78 is 5.04. The zero-order valence-corrected chi connectivity index (χ0v) is 13.8. The quantitative estimate of drug-likeness (QED) is 0.698. The number of urea groups is 1. The second-order valence-corrected chi connectivity index (χ2v) is 5.57. The molecule has 0 spiro atoms. The SMILES string of the molecule is CCOC(=O)c1ccccc1Nc1ccc(NC(=O)NC2CC2)nn1. The lowest BCUT2D eigenvalue weighted by Gasteiger charge is -2.11. The number of carbonyl (C=O) groups is 2.